The molecular formula is C14H24FN3. The Hall–Kier alpha value is -1.00. The highest BCUT2D eigenvalue weighted by molar-refractivity contribution is 5.08. The highest BCUT2D eigenvalue weighted by atomic mass is 19.1. The van der Waals surface area contributed by atoms with Gasteiger partial charge in [-0.3, -0.25) is 4.98 Å². The molecule has 0 bridgehead atoms. The molecule has 1 heterocycles. The maximum atomic E-state index is 12.7. The van der Waals surface area contributed by atoms with Crippen LogP contribution in [0.25, 0.3) is 0 Å². The maximum absolute atomic E-state index is 12.7. The fraction of sp³-hybridized carbons (Fsp3) is 0.643. The summed E-state index contributed by atoms with van der Waals surface area (Å²) in [6.07, 6.45) is 2.42. The molecule has 2 unspecified atom stereocenters. The fourth-order valence-corrected chi connectivity index (χ4v) is 1.74. The van der Waals surface area contributed by atoms with Gasteiger partial charge in [0.25, 0.3) is 0 Å². The van der Waals surface area contributed by atoms with Gasteiger partial charge in [0.2, 0.25) is 0 Å². The molecular weight excluding hydrogens is 229 g/mol. The number of rotatable bonds is 7. The molecule has 2 atom stereocenters. The Bertz CT molecular complexity index is 339. The smallest absolute Gasteiger partial charge is 0.141 e. The molecule has 0 fully saturated rings. The van der Waals surface area contributed by atoms with Crippen LogP contribution in [0.2, 0.25) is 0 Å². The number of nitrogens with one attached hydrogen (secondary N) is 1. The first-order chi connectivity index (χ1) is 8.54. The first-order valence-corrected chi connectivity index (χ1v) is 6.59. The number of pyridine rings is 1. The Labute approximate surface area is 109 Å². The predicted octanol–water partition coefficient (Wildman–Crippen LogP) is 2.60. The Balaban J connectivity index is 2.33. The van der Waals surface area contributed by atoms with Crippen LogP contribution >= 0.6 is 0 Å². The Morgan fingerprint density at radius 3 is 2.67 bits per heavy atom. The molecule has 0 saturated heterocycles. The second-order valence-corrected chi connectivity index (χ2v) is 4.81. The summed E-state index contributed by atoms with van der Waals surface area (Å²) in [5.41, 5.74) is 0.877. The number of hydrogen-bond acceptors (Lipinski definition) is 3. The molecule has 0 aliphatic heterocycles. The van der Waals surface area contributed by atoms with Crippen LogP contribution in [0.1, 0.15) is 38.9 Å². The van der Waals surface area contributed by atoms with Gasteiger partial charge in [-0.1, -0.05) is 6.92 Å². The van der Waals surface area contributed by atoms with Crippen LogP contribution in [0.3, 0.4) is 0 Å². The Morgan fingerprint density at radius 1 is 1.39 bits per heavy atom. The van der Waals surface area contributed by atoms with Gasteiger partial charge < -0.3 is 10.2 Å². The van der Waals surface area contributed by atoms with E-state index in [1.807, 2.05) is 6.92 Å². The predicted molar refractivity (Wildman–Crippen MR) is 73.0 cm³/mol. The highest BCUT2D eigenvalue weighted by Crippen LogP contribution is 2.09. The lowest BCUT2D eigenvalue weighted by Crippen LogP contribution is -2.35. The first kappa shape index (κ1) is 15.1. The van der Waals surface area contributed by atoms with E-state index in [1.54, 1.807) is 6.07 Å². The fourth-order valence-electron chi connectivity index (χ4n) is 1.74. The summed E-state index contributed by atoms with van der Waals surface area (Å²) >= 11 is 0. The summed E-state index contributed by atoms with van der Waals surface area (Å²) in [4.78, 5) is 6.41. The van der Waals surface area contributed by atoms with Crippen LogP contribution in [0.15, 0.2) is 18.3 Å². The second-order valence-electron chi connectivity index (χ2n) is 4.81. The Morgan fingerprint density at radius 2 is 2.11 bits per heavy atom. The van der Waals surface area contributed by atoms with Crippen molar-refractivity contribution in [3.63, 3.8) is 0 Å². The summed E-state index contributed by atoms with van der Waals surface area (Å²) in [6, 6.07) is 3.93. The molecule has 0 amide bonds. The molecule has 1 aromatic rings. The van der Waals surface area contributed by atoms with Gasteiger partial charge in [0.1, 0.15) is 5.82 Å². The molecule has 0 aliphatic carbocycles. The number of likely N-dealkylation sites (N-methyl/N-ethyl adjacent to an activating group) is 1. The van der Waals surface area contributed by atoms with Crippen molar-refractivity contribution in [2.24, 2.45) is 0 Å². The number of hydrogen-bond donors (Lipinski definition) is 1. The lowest BCUT2D eigenvalue weighted by molar-refractivity contribution is 0.249. The van der Waals surface area contributed by atoms with Crippen molar-refractivity contribution in [3.8, 4) is 0 Å². The van der Waals surface area contributed by atoms with Gasteiger partial charge in [-0.2, -0.15) is 0 Å². The van der Waals surface area contributed by atoms with Gasteiger partial charge in [0.05, 0.1) is 11.9 Å². The third kappa shape index (κ3) is 4.70. The summed E-state index contributed by atoms with van der Waals surface area (Å²) in [5, 5.41) is 3.40. The molecule has 0 spiro atoms. The zero-order chi connectivity index (χ0) is 13.5. The average molecular weight is 253 g/mol. The van der Waals surface area contributed by atoms with Crippen molar-refractivity contribution in [2.75, 3.05) is 20.1 Å². The van der Waals surface area contributed by atoms with Crippen molar-refractivity contribution in [1.29, 1.82) is 0 Å². The largest absolute Gasteiger partial charge is 0.308 e. The van der Waals surface area contributed by atoms with E-state index in [9.17, 15) is 4.39 Å². The average Bonchev–Trinajstić information content (AvgIpc) is 2.38. The molecule has 3 nitrogen and oxygen atoms in total. The number of nitrogens with zero attached hydrogens (tertiary/aromatic N) is 2. The summed E-state index contributed by atoms with van der Waals surface area (Å²) < 4.78 is 12.7. The van der Waals surface area contributed by atoms with Crippen molar-refractivity contribution in [2.45, 2.75) is 39.3 Å². The minimum absolute atomic E-state index is 0.149. The summed E-state index contributed by atoms with van der Waals surface area (Å²) in [7, 11) is 2.14. The first-order valence-electron chi connectivity index (χ1n) is 6.59. The molecule has 0 aromatic carbocycles. The topological polar surface area (TPSA) is 28.2 Å². The standard InChI is InChI=1S/C14H24FN3/c1-5-11(2)18(4)9-8-16-12(3)14-7-6-13(15)10-17-14/h6-7,10-12,16H,5,8-9H2,1-4H3. The summed E-state index contributed by atoms with van der Waals surface area (Å²) in [5.74, 6) is -0.289. The highest BCUT2D eigenvalue weighted by Gasteiger charge is 2.09. The lowest BCUT2D eigenvalue weighted by Gasteiger charge is -2.24. The third-order valence-electron chi connectivity index (χ3n) is 3.45. The SMILES string of the molecule is CCC(C)N(C)CCNC(C)c1ccc(F)cn1. The molecule has 18 heavy (non-hydrogen) atoms. The van der Waals surface area contributed by atoms with E-state index < -0.39 is 0 Å². The van der Waals surface area contributed by atoms with E-state index in [0.29, 0.717) is 6.04 Å². The van der Waals surface area contributed by atoms with Gasteiger partial charge in [0, 0.05) is 25.2 Å². The summed E-state index contributed by atoms with van der Waals surface area (Å²) in [6.45, 7) is 8.37. The number of aromatic nitrogens is 1. The number of halogens is 1. The van der Waals surface area contributed by atoms with Crippen molar-refractivity contribution in [3.05, 3.63) is 29.8 Å². The van der Waals surface area contributed by atoms with Crippen LogP contribution in [-0.4, -0.2) is 36.1 Å². The maximum Gasteiger partial charge on any atom is 0.141 e. The third-order valence-corrected chi connectivity index (χ3v) is 3.45. The molecule has 1 aromatic heterocycles. The van der Waals surface area contributed by atoms with Crippen LogP contribution < -0.4 is 5.32 Å². The molecule has 4 heteroatoms. The van der Waals surface area contributed by atoms with Gasteiger partial charge in [-0.05, 0) is 39.4 Å². The second kappa shape index (κ2) is 7.44. The van der Waals surface area contributed by atoms with E-state index in [4.69, 9.17) is 0 Å². The van der Waals surface area contributed by atoms with E-state index in [0.717, 1.165) is 25.2 Å². The minimum atomic E-state index is -0.289. The zero-order valence-electron chi connectivity index (χ0n) is 11.8. The molecule has 1 N–H and O–H groups in total. The minimum Gasteiger partial charge on any atom is -0.308 e. The lowest BCUT2D eigenvalue weighted by atomic mass is 10.2. The molecule has 0 aliphatic rings. The van der Waals surface area contributed by atoms with Crippen molar-refractivity contribution >= 4 is 0 Å². The van der Waals surface area contributed by atoms with E-state index >= 15 is 0 Å². The van der Waals surface area contributed by atoms with Crippen LogP contribution in [0.5, 0.6) is 0 Å². The Kier molecular flexibility index (Phi) is 6.22. The van der Waals surface area contributed by atoms with E-state index in [1.165, 1.54) is 12.3 Å². The molecule has 0 radical (unpaired) electrons. The van der Waals surface area contributed by atoms with Gasteiger partial charge in [-0.15, -0.1) is 0 Å². The molecule has 0 saturated carbocycles. The normalized spacial score (nSPS) is 14.8. The van der Waals surface area contributed by atoms with Crippen LogP contribution in [0, 0.1) is 5.82 Å². The van der Waals surface area contributed by atoms with Gasteiger partial charge >= 0.3 is 0 Å². The quantitative estimate of drug-likeness (QED) is 0.809. The molecule has 102 valence electrons. The van der Waals surface area contributed by atoms with E-state index in [-0.39, 0.29) is 11.9 Å². The van der Waals surface area contributed by atoms with Crippen LogP contribution in [0.4, 0.5) is 4.39 Å². The van der Waals surface area contributed by atoms with Crippen molar-refractivity contribution in [1.82, 2.24) is 15.2 Å². The van der Waals surface area contributed by atoms with Gasteiger partial charge in [-0.25, -0.2) is 4.39 Å². The van der Waals surface area contributed by atoms with Crippen LogP contribution in [-0.2, 0) is 0 Å². The van der Waals surface area contributed by atoms with E-state index in [2.05, 4.69) is 36.1 Å². The van der Waals surface area contributed by atoms with Crippen molar-refractivity contribution < 1.29 is 4.39 Å². The van der Waals surface area contributed by atoms with Gasteiger partial charge in [0.15, 0.2) is 0 Å². The monoisotopic (exact) mass is 253 g/mol. The zero-order valence-corrected chi connectivity index (χ0v) is 11.8. The molecule has 1 rings (SSSR count).